The van der Waals surface area contributed by atoms with Gasteiger partial charge in [-0.3, -0.25) is 0 Å². The summed E-state index contributed by atoms with van der Waals surface area (Å²) >= 11 is 0. The molecule has 0 aliphatic heterocycles. The molecule has 0 saturated carbocycles. The highest BCUT2D eigenvalue weighted by Gasteiger charge is 1.96. The van der Waals surface area contributed by atoms with E-state index in [4.69, 9.17) is 0 Å². The highest BCUT2D eigenvalue weighted by molar-refractivity contribution is 5.82. The molecule has 23 heavy (non-hydrogen) atoms. The van der Waals surface area contributed by atoms with Crippen LogP contribution in [0, 0.1) is 12.7 Å². The second-order valence-electron chi connectivity index (χ2n) is 5.70. The summed E-state index contributed by atoms with van der Waals surface area (Å²) in [6, 6.07) is 13.4. The van der Waals surface area contributed by atoms with Crippen molar-refractivity contribution in [3.05, 3.63) is 70.5 Å². The van der Waals surface area contributed by atoms with Crippen LogP contribution in [0.3, 0.4) is 0 Å². The maximum Gasteiger partial charge on any atom is 0.126 e. The Morgan fingerprint density at radius 3 is 2.22 bits per heavy atom. The summed E-state index contributed by atoms with van der Waals surface area (Å²) in [7, 11) is 0. The first-order chi connectivity index (χ1) is 11.2. The number of halogens is 1. The molecule has 0 atom stereocenters. The Morgan fingerprint density at radius 1 is 0.913 bits per heavy atom. The Balaban J connectivity index is 1.89. The summed E-state index contributed by atoms with van der Waals surface area (Å²) in [4.78, 5) is 0. The molecule has 0 heterocycles. The molecular formula is C20H23FN2. The van der Waals surface area contributed by atoms with Crippen LogP contribution in [0.2, 0.25) is 0 Å². The number of hydrogen-bond acceptors (Lipinski definition) is 2. The smallest absolute Gasteiger partial charge is 0.126 e. The monoisotopic (exact) mass is 310 g/mol. The van der Waals surface area contributed by atoms with Gasteiger partial charge in [-0.25, -0.2) is 4.39 Å². The molecule has 0 saturated heterocycles. The second kappa shape index (κ2) is 8.99. The predicted molar refractivity (Wildman–Crippen MR) is 96.0 cm³/mol. The second-order valence-corrected chi connectivity index (χ2v) is 5.70. The van der Waals surface area contributed by atoms with E-state index in [1.54, 1.807) is 25.4 Å². The van der Waals surface area contributed by atoms with Crippen molar-refractivity contribution >= 4 is 12.4 Å². The van der Waals surface area contributed by atoms with E-state index < -0.39 is 0 Å². The molecule has 2 aromatic carbocycles. The van der Waals surface area contributed by atoms with Crippen molar-refractivity contribution in [3.8, 4) is 0 Å². The topological polar surface area (TPSA) is 24.7 Å². The fraction of sp³-hybridized carbons (Fsp3) is 0.300. The van der Waals surface area contributed by atoms with Crippen LogP contribution < -0.4 is 0 Å². The Labute approximate surface area is 137 Å². The van der Waals surface area contributed by atoms with Gasteiger partial charge < -0.3 is 0 Å². The van der Waals surface area contributed by atoms with Crippen LogP contribution in [-0.4, -0.2) is 12.4 Å². The zero-order valence-electron chi connectivity index (χ0n) is 13.8. The first-order valence-electron chi connectivity index (χ1n) is 8.10. The first-order valence-corrected chi connectivity index (χ1v) is 8.10. The van der Waals surface area contributed by atoms with Crippen molar-refractivity contribution < 1.29 is 4.39 Å². The van der Waals surface area contributed by atoms with E-state index >= 15 is 0 Å². The molecule has 2 aromatic rings. The van der Waals surface area contributed by atoms with Gasteiger partial charge in [0.15, 0.2) is 0 Å². The zero-order chi connectivity index (χ0) is 16.5. The largest absolute Gasteiger partial charge is 0.207 e. The molecule has 0 radical (unpaired) electrons. The Morgan fingerprint density at radius 2 is 1.57 bits per heavy atom. The summed E-state index contributed by atoms with van der Waals surface area (Å²) in [5.41, 5.74) is 3.70. The average Bonchev–Trinajstić information content (AvgIpc) is 2.56. The van der Waals surface area contributed by atoms with E-state index in [1.165, 1.54) is 30.9 Å². The molecule has 3 heteroatoms. The van der Waals surface area contributed by atoms with Crippen LogP contribution in [-0.2, 0) is 6.42 Å². The molecule has 0 fully saturated rings. The maximum absolute atomic E-state index is 13.4. The van der Waals surface area contributed by atoms with Gasteiger partial charge in [-0.05, 0) is 48.1 Å². The fourth-order valence-electron chi connectivity index (χ4n) is 2.24. The zero-order valence-corrected chi connectivity index (χ0v) is 13.8. The predicted octanol–water partition coefficient (Wildman–Crippen LogP) is 5.32. The first kappa shape index (κ1) is 17.1. The minimum atomic E-state index is -0.225. The van der Waals surface area contributed by atoms with E-state index in [0.29, 0.717) is 11.1 Å². The van der Waals surface area contributed by atoms with Crippen LogP contribution in [0.15, 0.2) is 52.7 Å². The highest BCUT2D eigenvalue weighted by Crippen LogP contribution is 2.09. The third-order valence-corrected chi connectivity index (χ3v) is 3.72. The summed E-state index contributed by atoms with van der Waals surface area (Å²) in [6.07, 6.45) is 8.14. The van der Waals surface area contributed by atoms with E-state index in [0.717, 1.165) is 12.0 Å². The van der Waals surface area contributed by atoms with Crippen molar-refractivity contribution in [1.29, 1.82) is 0 Å². The highest BCUT2D eigenvalue weighted by atomic mass is 19.1. The van der Waals surface area contributed by atoms with Gasteiger partial charge in [0, 0.05) is 0 Å². The molecule has 0 aliphatic carbocycles. The molecule has 0 aromatic heterocycles. The van der Waals surface area contributed by atoms with E-state index in [-0.39, 0.29) is 5.82 Å². The lowest BCUT2D eigenvalue weighted by Crippen LogP contribution is -1.88. The summed E-state index contributed by atoms with van der Waals surface area (Å²) in [6.45, 7) is 3.95. The Hall–Kier alpha value is -2.29. The van der Waals surface area contributed by atoms with Gasteiger partial charge in [0.2, 0.25) is 0 Å². The van der Waals surface area contributed by atoms with Crippen molar-refractivity contribution in [1.82, 2.24) is 0 Å². The molecular weight excluding hydrogens is 287 g/mol. The fourth-order valence-corrected chi connectivity index (χ4v) is 2.24. The third-order valence-electron chi connectivity index (χ3n) is 3.72. The minimum absolute atomic E-state index is 0.225. The van der Waals surface area contributed by atoms with Gasteiger partial charge in [-0.1, -0.05) is 56.2 Å². The molecule has 0 spiro atoms. The Bertz CT molecular complexity index is 673. The molecule has 120 valence electrons. The van der Waals surface area contributed by atoms with E-state index in [1.807, 2.05) is 18.2 Å². The standard InChI is InChI=1S/C20H23FN2/c1-3-4-5-6-17-9-11-18(12-10-17)14-22-23-15-19-8-7-16(2)20(21)13-19/h7-15H,3-6H2,1-2H3. The van der Waals surface area contributed by atoms with Crippen LogP contribution in [0.1, 0.15) is 48.4 Å². The molecule has 2 rings (SSSR count). The lowest BCUT2D eigenvalue weighted by molar-refractivity contribution is 0.618. The summed E-state index contributed by atoms with van der Waals surface area (Å²) in [5.74, 6) is -0.225. The molecule has 0 bridgehead atoms. The minimum Gasteiger partial charge on any atom is -0.207 e. The number of rotatable bonds is 7. The quantitative estimate of drug-likeness (QED) is 0.376. The number of nitrogens with zero attached hydrogens (tertiary/aromatic N) is 2. The van der Waals surface area contributed by atoms with Gasteiger partial charge in [-0.2, -0.15) is 10.2 Å². The lowest BCUT2D eigenvalue weighted by Gasteiger charge is -2.00. The van der Waals surface area contributed by atoms with Gasteiger partial charge >= 0.3 is 0 Å². The van der Waals surface area contributed by atoms with Crippen molar-refractivity contribution in [2.45, 2.75) is 39.5 Å². The third kappa shape index (κ3) is 5.78. The van der Waals surface area contributed by atoms with Gasteiger partial charge in [0.05, 0.1) is 12.4 Å². The van der Waals surface area contributed by atoms with Crippen LogP contribution >= 0.6 is 0 Å². The SMILES string of the molecule is CCCCCc1ccc(C=NN=Cc2ccc(C)c(F)c2)cc1. The van der Waals surface area contributed by atoms with Gasteiger partial charge in [-0.15, -0.1) is 0 Å². The number of unbranched alkanes of at least 4 members (excludes halogenated alkanes) is 2. The normalized spacial score (nSPS) is 11.6. The van der Waals surface area contributed by atoms with E-state index in [2.05, 4.69) is 29.3 Å². The average molecular weight is 310 g/mol. The van der Waals surface area contributed by atoms with Crippen molar-refractivity contribution in [3.63, 3.8) is 0 Å². The van der Waals surface area contributed by atoms with Crippen molar-refractivity contribution in [2.24, 2.45) is 10.2 Å². The Kier molecular flexibility index (Phi) is 6.67. The molecule has 0 amide bonds. The lowest BCUT2D eigenvalue weighted by atomic mass is 10.1. The van der Waals surface area contributed by atoms with Crippen LogP contribution in [0.25, 0.3) is 0 Å². The van der Waals surface area contributed by atoms with E-state index in [9.17, 15) is 4.39 Å². The van der Waals surface area contributed by atoms with Crippen LogP contribution in [0.5, 0.6) is 0 Å². The molecule has 0 N–H and O–H groups in total. The summed E-state index contributed by atoms with van der Waals surface area (Å²) < 4.78 is 13.4. The number of hydrogen-bond donors (Lipinski definition) is 0. The van der Waals surface area contributed by atoms with Crippen LogP contribution in [0.4, 0.5) is 4.39 Å². The molecule has 2 nitrogen and oxygen atoms in total. The molecule has 0 aliphatic rings. The van der Waals surface area contributed by atoms with Gasteiger partial charge in [0.1, 0.15) is 5.82 Å². The number of aryl methyl sites for hydroxylation is 2. The van der Waals surface area contributed by atoms with Gasteiger partial charge in [0.25, 0.3) is 0 Å². The maximum atomic E-state index is 13.4. The molecule has 0 unspecified atom stereocenters. The van der Waals surface area contributed by atoms with Crippen molar-refractivity contribution in [2.75, 3.05) is 0 Å². The summed E-state index contributed by atoms with van der Waals surface area (Å²) in [5, 5.41) is 7.98. The number of benzene rings is 2.